The molecule has 2 heterocycles. The lowest BCUT2D eigenvalue weighted by Crippen LogP contribution is -2.37. The smallest absolute Gasteiger partial charge is 0.245 e. The van der Waals surface area contributed by atoms with Gasteiger partial charge in [0.15, 0.2) is 23.1 Å². The number of halogens is 2. The van der Waals surface area contributed by atoms with Crippen LogP contribution in [0.15, 0.2) is 36.1 Å². The summed E-state index contributed by atoms with van der Waals surface area (Å²) < 4.78 is 31.3. The first-order valence-electron chi connectivity index (χ1n) is 8.88. The van der Waals surface area contributed by atoms with Gasteiger partial charge in [-0.3, -0.25) is 0 Å². The van der Waals surface area contributed by atoms with Gasteiger partial charge in [-0.05, 0) is 40.3 Å². The van der Waals surface area contributed by atoms with Crippen molar-refractivity contribution in [3.05, 3.63) is 45.9 Å². The van der Waals surface area contributed by atoms with Crippen LogP contribution in [-0.4, -0.2) is 56.2 Å². The highest BCUT2D eigenvalue weighted by atomic mass is 127. The van der Waals surface area contributed by atoms with Gasteiger partial charge in [-0.15, -0.1) is 0 Å². The van der Waals surface area contributed by atoms with Crippen molar-refractivity contribution in [1.29, 1.82) is 0 Å². The number of nitrogens with zero attached hydrogens (tertiary/aromatic N) is 4. The van der Waals surface area contributed by atoms with Crippen LogP contribution in [0.5, 0.6) is 11.5 Å². The molecule has 0 radical (unpaired) electrons. The number of aromatic nitrogens is 2. The minimum atomic E-state index is -0.476. The summed E-state index contributed by atoms with van der Waals surface area (Å²) in [6.07, 6.45) is 4.40. The molecular weight excluding hydrogens is 492 g/mol. The van der Waals surface area contributed by atoms with Crippen molar-refractivity contribution in [2.45, 2.75) is 0 Å². The topological polar surface area (TPSA) is 81.1 Å². The third-order valence-electron chi connectivity index (χ3n) is 4.01. The maximum absolute atomic E-state index is 14.1. The molecule has 0 amide bonds. The fourth-order valence-electron chi connectivity index (χ4n) is 2.67. The van der Waals surface area contributed by atoms with Gasteiger partial charge in [0, 0.05) is 13.1 Å². The zero-order chi connectivity index (χ0) is 20.6. The van der Waals surface area contributed by atoms with E-state index in [0.29, 0.717) is 44.4 Å². The molecule has 0 unspecified atom stereocenters. The standard InChI is InChI=1S/C19H21FIN5O3/c1-3-6-29-17-15(21)9-13(10-16(17)27-2)11-23-25-19-22-12-14(20)18(24-19)26-4-7-28-8-5-26/h3,9-12H,1,4-8H2,2H3,(H,22,24,25)/b23-11+. The molecule has 0 bridgehead atoms. The lowest BCUT2D eigenvalue weighted by atomic mass is 10.2. The summed E-state index contributed by atoms with van der Waals surface area (Å²) in [5.74, 6) is 1.21. The van der Waals surface area contributed by atoms with Crippen LogP contribution in [0.1, 0.15) is 5.56 Å². The number of hydrogen-bond acceptors (Lipinski definition) is 8. The Morgan fingerprint density at radius 1 is 1.41 bits per heavy atom. The quantitative estimate of drug-likeness (QED) is 0.252. The molecule has 1 aliphatic rings. The largest absolute Gasteiger partial charge is 0.493 e. The lowest BCUT2D eigenvalue weighted by Gasteiger charge is -2.27. The van der Waals surface area contributed by atoms with E-state index < -0.39 is 5.82 Å². The van der Waals surface area contributed by atoms with Gasteiger partial charge in [0.05, 0.1) is 36.3 Å². The van der Waals surface area contributed by atoms with Crippen molar-refractivity contribution in [2.75, 3.05) is 50.3 Å². The zero-order valence-electron chi connectivity index (χ0n) is 15.9. The van der Waals surface area contributed by atoms with Crippen LogP contribution < -0.4 is 19.8 Å². The summed E-state index contributed by atoms with van der Waals surface area (Å²) in [5.41, 5.74) is 3.53. The molecule has 0 aliphatic carbocycles. The van der Waals surface area contributed by atoms with Gasteiger partial charge in [-0.1, -0.05) is 12.7 Å². The molecular formula is C19H21FIN5O3. The molecule has 154 valence electrons. The van der Waals surface area contributed by atoms with E-state index in [9.17, 15) is 4.39 Å². The molecule has 1 saturated heterocycles. The van der Waals surface area contributed by atoms with E-state index in [0.717, 1.165) is 15.3 Å². The van der Waals surface area contributed by atoms with Crippen LogP contribution >= 0.6 is 22.6 Å². The lowest BCUT2D eigenvalue weighted by molar-refractivity contribution is 0.122. The Kier molecular flexibility index (Phi) is 7.58. The van der Waals surface area contributed by atoms with Crippen molar-refractivity contribution in [2.24, 2.45) is 5.10 Å². The molecule has 1 N–H and O–H groups in total. The minimum Gasteiger partial charge on any atom is -0.493 e. The van der Waals surface area contributed by atoms with Crippen molar-refractivity contribution in [1.82, 2.24) is 9.97 Å². The van der Waals surface area contributed by atoms with Crippen molar-refractivity contribution >= 4 is 40.6 Å². The predicted molar refractivity (Wildman–Crippen MR) is 118 cm³/mol. The molecule has 2 aromatic rings. The van der Waals surface area contributed by atoms with Crippen molar-refractivity contribution in [3.63, 3.8) is 0 Å². The highest BCUT2D eigenvalue weighted by molar-refractivity contribution is 14.1. The summed E-state index contributed by atoms with van der Waals surface area (Å²) in [6.45, 7) is 6.27. The molecule has 29 heavy (non-hydrogen) atoms. The number of nitrogens with one attached hydrogen (secondary N) is 1. The van der Waals surface area contributed by atoms with Crippen molar-refractivity contribution in [3.8, 4) is 11.5 Å². The Labute approximate surface area is 181 Å². The van der Waals surface area contributed by atoms with E-state index in [4.69, 9.17) is 14.2 Å². The van der Waals surface area contributed by atoms with E-state index >= 15 is 0 Å². The Morgan fingerprint density at radius 3 is 2.93 bits per heavy atom. The van der Waals surface area contributed by atoms with E-state index in [-0.39, 0.29) is 11.8 Å². The monoisotopic (exact) mass is 513 g/mol. The van der Waals surface area contributed by atoms with Crippen LogP contribution in [0, 0.1) is 9.39 Å². The number of rotatable bonds is 8. The average molecular weight is 513 g/mol. The molecule has 1 fully saturated rings. The minimum absolute atomic E-state index is 0.205. The Morgan fingerprint density at radius 2 is 2.21 bits per heavy atom. The molecule has 0 spiro atoms. The number of hydrogen-bond donors (Lipinski definition) is 1. The number of anilines is 2. The first-order chi connectivity index (χ1) is 14.1. The average Bonchev–Trinajstić information content (AvgIpc) is 2.74. The highest BCUT2D eigenvalue weighted by Crippen LogP contribution is 2.33. The summed E-state index contributed by atoms with van der Waals surface area (Å²) >= 11 is 2.17. The second kappa shape index (κ2) is 10.3. The number of hydrazone groups is 1. The Hall–Kier alpha value is -2.47. The number of benzene rings is 1. The molecule has 1 aromatic carbocycles. The highest BCUT2D eigenvalue weighted by Gasteiger charge is 2.17. The van der Waals surface area contributed by atoms with Crippen LogP contribution in [0.25, 0.3) is 0 Å². The van der Waals surface area contributed by atoms with Gasteiger partial charge in [0.25, 0.3) is 0 Å². The SMILES string of the molecule is C=CCOc1c(I)cc(/C=N/Nc2ncc(F)c(N3CCOCC3)n2)cc1OC. The van der Waals surface area contributed by atoms with Gasteiger partial charge >= 0.3 is 0 Å². The molecule has 10 heteroatoms. The van der Waals surface area contributed by atoms with Crippen LogP contribution in [-0.2, 0) is 4.74 Å². The predicted octanol–water partition coefficient (Wildman–Crippen LogP) is 3.08. The summed E-state index contributed by atoms with van der Waals surface area (Å²) in [6, 6.07) is 3.70. The fraction of sp³-hybridized carbons (Fsp3) is 0.316. The molecule has 1 aromatic heterocycles. The van der Waals surface area contributed by atoms with Gasteiger partial charge in [-0.25, -0.2) is 14.8 Å². The van der Waals surface area contributed by atoms with Crippen LogP contribution in [0.4, 0.5) is 16.2 Å². The molecule has 3 rings (SSSR count). The van der Waals surface area contributed by atoms with Crippen LogP contribution in [0.2, 0.25) is 0 Å². The first kappa shape index (κ1) is 21.2. The second-order valence-electron chi connectivity index (χ2n) is 5.97. The summed E-state index contributed by atoms with van der Waals surface area (Å²) in [5, 5.41) is 4.15. The third-order valence-corrected chi connectivity index (χ3v) is 4.81. The van der Waals surface area contributed by atoms with Crippen molar-refractivity contribution < 1.29 is 18.6 Å². The maximum atomic E-state index is 14.1. The summed E-state index contributed by atoms with van der Waals surface area (Å²) in [7, 11) is 1.57. The molecule has 1 aliphatic heterocycles. The van der Waals surface area contributed by atoms with Gasteiger partial charge in [0.2, 0.25) is 5.95 Å². The summed E-state index contributed by atoms with van der Waals surface area (Å²) in [4.78, 5) is 9.99. The Bertz CT molecular complexity index is 890. The van der Waals surface area contributed by atoms with E-state index in [1.54, 1.807) is 25.5 Å². The van der Waals surface area contributed by atoms with Gasteiger partial charge in [-0.2, -0.15) is 10.1 Å². The molecule has 8 nitrogen and oxygen atoms in total. The maximum Gasteiger partial charge on any atom is 0.245 e. The van der Waals surface area contributed by atoms with Gasteiger partial charge < -0.3 is 19.1 Å². The normalized spacial score (nSPS) is 14.1. The molecule has 0 atom stereocenters. The number of methoxy groups -OCH3 is 1. The zero-order valence-corrected chi connectivity index (χ0v) is 18.1. The molecule has 0 saturated carbocycles. The van der Waals surface area contributed by atoms with Gasteiger partial charge in [0.1, 0.15) is 6.61 Å². The third kappa shape index (κ3) is 5.54. The number of morpholine rings is 1. The number of ether oxygens (including phenoxy) is 3. The van der Waals surface area contributed by atoms with E-state index in [2.05, 4.69) is 49.7 Å². The van der Waals surface area contributed by atoms with E-state index in [1.165, 1.54) is 0 Å². The van der Waals surface area contributed by atoms with Crippen LogP contribution in [0.3, 0.4) is 0 Å². The fourth-order valence-corrected chi connectivity index (χ4v) is 3.45. The van der Waals surface area contributed by atoms with E-state index in [1.807, 2.05) is 11.0 Å². The Balaban J connectivity index is 1.72. The first-order valence-corrected chi connectivity index (χ1v) is 9.95. The second-order valence-corrected chi connectivity index (χ2v) is 7.13.